The average Bonchev–Trinajstić information content (AvgIpc) is 2.70. The van der Waals surface area contributed by atoms with Gasteiger partial charge in [-0.15, -0.1) is 12.4 Å². The van der Waals surface area contributed by atoms with Crippen LogP contribution in [0.1, 0.15) is 29.8 Å². The predicted octanol–water partition coefficient (Wildman–Crippen LogP) is 2.33. The highest BCUT2D eigenvalue weighted by Crippen LogP contribution is 2.15. The molecule has 1 unspecified atom stereocenters. The first kappa shape index (κ1) is 16.5. The number of carbonyl (C=O) groups excluding carboxylic acids is 1. The number of nitrogens with one attached hydrogen (secondary N) is 2. The molecule has 6 heteroatoms. The predicted molar refractivity (Wildman–Crippen MR) is 82.9 cm³/mol. The zero-order valence-corrected chi connectivity index (χ0v) is 13.5. The van der Waals surface area contributed by atoms with E-state index >= 15 is 0 Å². The van der Waals surface area contributed by atoms with Gasteiger partial charge in [-0.05, 0) is 60.3 Å². The number of hydrogen-bond acceptors (Lipinski definition) is 2. The number of carbonyl (C=O) groups is 1. The molecule has 0 aromatic carbocycles. The summed E-state index contributed by atoms with van der Waals surface area (Å²) in [4.78, 5) is 12.0. The molecule has 1 saturated heterocycles. The minimum absolute atomic E-state index is 0. The van der Waals surface area contributed by atoms with Crippen LogP contribution in [0, 0.1) is 5.92 Å². The monoisotopic (exact) mass is 349 g/mol. The highest BCUT2D eigenvalue weighted by Gasteiger charge is 2.14. The van der Waals surface area contributed by atoms with Gasteiger partial charge < -0.3 is 15.2 Å². The second-order valence-corrected chi connectivity index (χ2v) is 5.83. The Balaban J connectivity index is 0.00000180. The van der Waals surface area contributed by atoms with Crippen molar-refractivity contribution in [3.63, 3.8) is 0 Å². The molecule has 108 valence electrons. The Kier molecular flexibility index (Phi) is 6.89. The smallest absolute Gasteiger partial charge is 0.267 e. The Hall–Kier alpha value is -0.520. The van der Waals surface area contributed by atoms with E-state index in [0.717, 1.165) is 30.5 Å². The molecule has 1 amide bonds. The SMILES string of the molecule is Cl.Cn1cc(Br)cc1C(=O)NCCC1CCCNC1. The lowest BCUT2D eigenvalue weighted by atomic mass is 9.96. The third-order valence-electron chi connectivity index (χ3n) is 3.44. The summed E-state index contributed by atoms with van der Waals surface area (Å²) >= 11 is 3.37. The maximum Gasteiger partial charge on any atom is 0.267 e. The fourth-order valence-electron chi connectivity index (χ4n) is 2.40. The maximum absolute atomic E-state index is 12.0. The van der Waals surface area contributed by atoms with E-state index in [0.29, 0.717) is 11.6 Å². The molecular weight excluding hydrogens is 330 g/mol. The van der Waals surface area contributed by atoms with Crippen LogP contribution in [0.4, 0.5) is 0 Å². The van der Waals surface area contributed by atoms with Crippen molar-refractivity contribution in [2.24, 2.45) is 13.0 Å². The molecule has 0 radical (unpaired) electrons. The third kappa shape index (κ3) is 4.82. The number of aryl methyl sites for hydroxylation is 1. The van der Waals surface area contributed by atoms with Gasteiger partial charge in [-0.1, -0.05) is 0 Å². The summed E-state index contributed by atoms with van der Waals surface area (Å²) in [6.45, 7) is 2.99. The normalized spacial score (nSPS) is 18.7. The Morgan fingerprint density at radius 1 is 1.63 bits per heavy atom. The highest BCUT2D eigenvalue weighted by atomic mass is 79.9. The molecule has 1 aromatic rings. The third-order valence-corrected chi connectivity index (χ3v) is 3.87. The summed E-state index contributed by atoms with van der Waals surface area (Å²) in [5.41, 5.74) is 0.698. The first-order valence-electron chi connectivity index (χ1n) is 6.47. The number of nitrogens with zero attached hydrogens (tertiary/aromatic N) is 1. The van der Waals surface area contributed by atoms with Crippen LogP contribution in [-0.4, -0.2) is 30.1 Å². The second-order valence-electron chi connectivity index (χ2n) is 4.91. The fraction of sp³-hybridized carbons (Fsp3) is 0.615. The summed E-state index contributed by atoms with van der Waals surface area (Å²) in [5, 5.41) is 6.39. The van der Waals surface area contributed by atoms with E-state index < -0.39 is 0 Å². The summed E-state index contributed by atoms with van der Waals surface area (Å²) in [6, 6.07) is 1.84. The van der Waals surface area contributed by atoms with Crippen molar-refractivity contribution in [2.75, 3.05) is 19.6 Å². The summed E-state index contributed by atoms with van der Waals surface area (Å²) < 4.78 is 2.77. The molecule has 2 rings (SSSR count). The second kappa shape index (κ2) is 7.92. The summed E-state index contributed by atoms with van der Waals surface area (Å²) in [5.74, 6) is 0.714. The molecule has 2 heterocycles. The van der Waals surface area contributed by atoms with Gasteiger partial charge in [0.2, 0.25) is 0 Å². The van der Waals surface area contributed by atoms with Crippen LogP contribution in [0.3, 0.4) is 0 Å². The first-order chi connectivity index (χ1) is 8.66. The molecule has 0 bridgehead atoms. The molecule has 1 aliphatic heterocycles. The van der Waals surface area contributed by atoms with Crippen molar-refractivity contribution < 1.29 is 4.79 Å². The topological polar surface area (TPSA) is 46.1 Å². The quantitative estimate of drug-likeness (QED) is 0.875. The van der Waals surface area contributed by atoms with Crippen LogP contribution in [0.25, 0.3) is 0 Å². The Morgan fingerprint density at radius 3 is 3.00 bits per heavy atom. The number of rotatable bonds is 4. The van der Waals surface area contributed by atoms with E-state index in [4.69, 9.17) is 0 Å². The van der Waals surface area contributed by atoms with Gasteiger partial charge in [0.1, 0.15) is 5.69 Å². The average molecular weight is 351 g/mol. The van der Waals surface area contributed by atoms with Crippen LogP contribution < -0.4 is 10.6 Å². The van der Waals surface area contributed by atoms with Crippen LogP contribution in [0.2, 0.25) is 0 Å². The van der Waals surface area contributed by atoms with Crippen molar-refractivity contribution in [3.05, 3.63) is 22.4 Å². The molecule has 1 aromatic heterocycles. The molecule has 2 N–H and O–H groups in total. The molecule has 1 atom stereocenters. The van der Waals surface area contributed by atoms with Crippen molar-refractivity contribution in [3.8, 4) is 0 Å². The van der Waals surface area contributed by atoms with Crippen LogP contribution in [0.5, 0.6) is 0 Å². The van der Waals surface area contributed by atoms with Gasteiger partial charge in [0.15, 0.2) is 0 Å². The Morgan fingerprint density at radius 2 is 2.42 bits per heavy atom. The van der Waals surface area contributed by atoms with Gasteiger partial charge in [-0.2, -0.15) is 0 Å². The number of amides is 1. The maximum atomic E-state index is 12.0. The fourth-order valence-corrected chi connectivity index (χ4v) is 2.92. The lowest BCUT2D eigenvalue weighted by molar-refractivity contribution is 0.0942. The van der Waals surface area contributed by atoms with Gasteiger partial charge in [0.05, 0.1) is 0 Å². The van der Waals surface area contributed by atoms with E-state index in [2.05, 4.69) is 26.6 Å². The zero-order chi connectivity index (χ0) is 13.0. The Labute approximate surface area is 128 Å². The molecular formula is C13H21BrClN3O. The van der Waals surface area contributed by atoms with E-state index in [1.807, 2.05) is 23.9 Å². The van der Waals surface area contributed by atoms with Gasteiger partial charge >= 0.3 is 0 Å². The largest absolute Gasteiger partial charge is 0.351 e. The van der Waals surface area contributed by atoms with Crippen molar-refractivity contribution >= 4 is 34.2 Å². The Bertz CT molecular complexity index is 416. The number of halogens is 2. The molecule has 0 aliphatic carbocycles. The molecule has 4 nitrogen and oxygen atoms in total. The van der Waals surface area contributed by atoms with Crippen LogP contribution in [-0.2, 0) is 7.05 Å². The molecule has 0 saturated carbocycles. The molecule has 0 spiro atoms. The lowest BCUT2D eigenvalue weighted by Crippen LogP contribution is -2.33. The minimum atomic E-state index is 0. The van der Waals surface area contributed by atoms with Crippen LogP contribution >= 0.6 is 28.3 Å². The minimum Gasteiger partial charge on any atom is -0.351 e. The van der Waals surface area contributed by atoms with Gasteiger partial charge in [0, 0.05) is 24.3 Å². The standard InChI is InChI=1S/C13H20BrN3O.ClH/c1-17-9-11(14)7-12(17)13(18)16-6-4-10-3-2-5-15-8-10;/h7,9-10,15H,2-6,8H2,1H3,(H,16,18);1H. The van der Waals surface area contributed by atoms with Crippen molar-refractivity contribution in [1.29, 1.82) is 0 Å². The number of aromatic nitrogens is 1. The van der Waals surface area contributed by atoms with E-state index in [9.17, 15) is 4.79 Å². The summed E-state index contributed by atoms with van der Waals surface area (Å²) in [6.07, 6.45) is 5.48. The lowest BCUT2D eigenvalue weighted by Gasteiger charge is -2.22. The van der Waals surface area contributed by atoms with Gasteiger partial charge in [-0.3, -0.25) is 4.79 Å². The van der Waals surface area contributed by atoms with Crippen molar-refractivity contribution in [1.82, 2.24) is 15.2 Å². The number of piperidine rings is 1. The van der Waals surface area contributed by atoms with Crippen molar-refractivity contribution in [2.45, 2.75) is 19.3 Å². The van der Waals surface area contributed by atoms with E-state index in [1.165, 1.54) is 12.8 Å². The molecule has 19 heavy (non-hydrogen) atoms. The van der Waals surface area contributed by atoms with Crippen LogP contribution in [0.15, 0.2) is 16.7 Å². The molecule has 1 fully saturated rings. The number of hydrogen-bond donors (Lipinski definition) is 2. The van der Waals surface area contributed by atoms with Gasteiger partial charge in [0.25, 0.3) is 5.91 Å². The summed E-state index contributed by atoms with van der Waals surface area (Å²) in [7, 11) is 1.88. The highest BCUT2D eigenvalue weighted by molar-refractivity contribution is 9.10. The van der Waals surface area contributed by atoms with E-state index in [1.54, 1.807) is 0 Å². The molecule has 1 aliphatic rings. The van der Waals surface area contributed by atoms with Gasteiger partial charge in [-0.25, -0.2) is 0 Å². The zero-order valence-electron chi connectivity index (χ0n) is 11.1. The first-order valence-corrected chi connectivity index (χ1v) is 7.27. The van der Waals surface area contributed by atoms with E-state index in [-0.39, 0.29) is 18.3 Å².